The molecule has 32 heavy (non-hydrogen) atoms. The molecule has 6 rings (SSSR count). The van der Waals surface area contributed by atoms with Crippen molar-refractivity contribution >= 4 is 22.1 Å². The molecule has 0 radical (unpaired) electrons. The third-order valence-electron chi connectivity index (χ3n) is 6.65. The number of nitro groups is 1. The Morgan fingerprint density at radius 1 is 1.00 bits per heavy atom. The van der Waals surface area contributed by atoms with E-state index in [0.717, 1.165) is 70.2 Å². The van der Waals surface area contributed by atoms with Crippen molar-refractivity contribution < 1.29 is 9.66 Å². The molecule has 3 aromatic carbocycles. The lowest BCUT2D eigenvalue weighted by Crippen LogP contribution is -2.19. The Hall–Kier alpha value is -3.93. The first-order chi connectivity index (χ1) is 15.6. The van der Waals surface area contributed by atoms with Crippen LogP contribution in [0.25, 0.3) is 10.8 Å². The number of hydrogen-bond donors (Lipinski definition) is 1. The summed E-state index contributed by atoms with van der Waals surface area (Å²) in [4.78, 5) is 16.1. The van der Waals surface area contributed by atoms with Crippen LogP contribution in [-0.2, 0) is 12.8 Å². The predicted molar refractivity (Wildman–Crippen MR) is 123 cm³/mol. The molecule has 2 heterocycles. The molecule has 0 bridgehead atoms. The zero-order chi connectivity index (χ0) is 21.8. The van der Waals surface area contributed by atoms with Gasteiger partial charge in [0.1, 0.15) is 5.75 Å². The van der Waals surface area contributed by atoms with Gasteiger partial charge in [0, 0.05) is 40.6 Å². The number of ether oxygens (including phenoxy) is 1. The first-order valence-electron chi connectivity index (χ1n) is 10.9. The average Bonchev–Trinajstić information content (AvgIpc) is 2.83. The van der Waals surface area contributed by atoms with E-state index in [2.05, 4.69) is 12.1 Å². The maximum Gasteiger partial charge on any atom is 0.269 e. The summed E-state index contributed by atoms with van der Waals surface area (Å²) in [5, 5.41) is 13.7. The van der Waals surface area contributed by atoms with Crippen molar-refractivity contribution in [1.82, 2.24) is 4.98 Å². The Labute approximate surface area is 184 Å². The van der Waals surface area contributed by atoms with Crippen LogP contribution in [0.2, 0.25) is 0 Å². The number of nitro benzene ring substituents is 1. The number of fused-ring (bicyclic) bond motifs is 5. The highest BCUT2D eigenvalue weighted by Gasteiger charge is 2.36. The topological polar surface area (TPSA) is 91.3 Å². The molecule has 0 saturated heterocycles. The number of anilines is 1. The second-order valence-electron chi connectivity index (χ2n) is 8.46. The minimum Gasteiger partial charge on any atom is -0.438 e. The Kier molecular flexibility index (Phi) is 4.15. The molecule has 1 aromatic heterocycles. The Morgan fingerprint density at radius 3 is 2.72 bits per heavy atom. The molecule has 2 aliphatic rings. The highest BCUT2D eigenvalue weighted by atomic mass is 16.6. The van der Waals surface area contributed by atoms with E-state index in [0.29, 0.717) is 11.6 Å². The summed E-state index contributed by atoms with van der Waals surface area (Å²) < 4.78 is 6.34. The number of nitrogen functional groups attached to an aromatic ring is 1. The molecular weight excluding hydrogens is 402 g/mol. The van der Waals surface area contributed by atoms with Gasteiger partial charge >= 0.3 is 0 Å². The zero-order valence-electron chi connectivity index (χ0n) is 17.4. The SMILES string of the molecule is Nc1c2c(nc3c1C(c1cccc([N+](=O)[O-])c1)c1c(ccc4ccccc14)O3)CCCC2. The number of nitrogens with two attached hydrogens (primary N) is 1. The van der Waals surface area contributed by atoms with Gasteiger partial charge in [-0.05, 0) is 53.6 Å². The van der Waals surface area contributed by atoms with E-state index in [9.17, 15) is 10.1 Å². The molecule has 2 N–H and O–H groups in total. The summed E-state index contributed by atoms with van der Waals surface area (Å²) in [5.41, 5.74) is 12.3. The summed E-state index contributed by atoms with van der Waals surface area (Å²) in [6.07, 6.45) is 3.96. The molecule has 6 nitrogen and oxygen atoms in total. The van der Waals surface area contributed by atoms with E-state index in [1.54, 1.807) is 12.1 Å². The van der Waals surface area contributed by atoms with Gasteiger partial charge in [0.05, 0.1) is 4.92 Å². The van der Waals surface area contributed by atoms with Crippen LogP contribution in [0.5, 0.6) is 11.6 Å². The minimum absolute atomic E-state index is 0.0572. The van der Waals surface area contributed by atoms with Gasteiger partial charge in [-0.3, -0.25) is 10.1 Å². The fourth-order valence-corrected chi connectivity index (χ4v) is 5.18. The zero-order valence-corrected chi connectivity index (χ0v) is 17.4. The molecule has 6 heteroatoms. The molecule has 0 spiro atoms. The number of pyridine rings is 1. The minimum atomic E-state index is -0.359. The van der Waals surface area contributed by atoms with Crippen LogP contribution in [0.1, 0.15) is 46.7 Å². The van der Waals surface area contributed by atoms with Crippen LogP contribution < -0.4 is 10.5 Å². The number of aryl methyl sites for hydroxylation is 1. The highest BCUT2D eigenvalue weighted by molar-refractivity contribution is 5.91. The van der Waals surface area contributed by atoms with Crippen LogP contribution in [0.3, 0.4) is 0 Å². The van der Waals surface area contributed by atoms with Gasteiger partial charge < -0.3 is 10.5 Å². The van der Waals surface area contributed by atoms with Gasteiger partial charge in [0.25, 0.3) is 5.69 Å². The molecule has 0 amide bonds. The van der Waals surface area contributed by atoms with Crippen molar-refractivity contribution in [2.75, 3.05) is 5.73 Å². The summed E-state index contributed by atoms with van der Waals surface area (Å²) >= 11 is 0. The van der Waals surface area contributed by atoms with Gasteiger partial charge in [0.15, 0.2) is 0 Å². The quantitative estimate of drug-likeness (QED) is 0.282. The maximum atomic E-state index is 11.5. The number of rotatable bonds is 2. The number of non-ortho nitro benzene ring substituents is 1. The lowest BCUT2D eigenvalue weighted by Gasteiger charge is -2.32. The lowest BCUT2D eigenvalue weighted by atomic mass is 9.79. The summed E-state index contributed by atoms with van der Waals surface area (Å²) in [6.45, 7) is 0. The van der Waals surface area contributed by atoms with Crippen molar-refractivity contribution in [2.24, 2.45) is 0 Å². The third kappa shape index (κ3) is 2.76. The second-order valence-corrected chi connectivity index (χ2v) is 8.46. The van der Waals surface area contributed by atoms with Gasteiger partial charge in [-0.25, -0.2) is 4.98 Å². The van der Waals surface area contributed by atoms with E-state index < -0.39 is 0 Å². The normalized spacial score (nSPS) is 16.6. The summed E-state index contributed by atoms with van der Waals surface area (Å²) in [6, 6.07) is 18.9. The van der Waals surface area contributed by atoms with Crippen molar-refractivity contribution in [3.63, 3.8) is 0 Å². The number of nitrogens with zero attached hydrogens (tertiary/aromatic N) is 2. The van der Waals surface area contributed by atoms with Gasteiger partial charge in [-0.1, -0.05) is 42.5 Å². The Morgan fingerprint density at radius 2 is 1.84 bits per heavy atom. The van der Waals surface area contributed by atoms with E-state index in [1.165, 1.54) is 6.07 Å². The van der Waals surface area contributed by atoms with Crippen LogP contribution in [0.15, 0.2) is 60.7 Å². The number of hydrogen-bond acceptors (Lipinski definition) is 5. The van der Waals surface area contributed by atoms with Crippen molar-refractivity contribution in [3.05, 3.63) is 98.7 Å². The molecule has 1 unspecified atom stereocenters. The molecule has 1 atom stereocenters. The Bertz CT molecular complexity index is 1410. The fourth-order valence-electron chi connectivity index (χ4n) is 5.18. The molecule has 0 saturated carbocycles. The van der Waals surface area contributed by atoms with Crippen molar-refractivity contribution in [1.29, 1.82) is 0 Å². The first kappa shape index (κ1) is 18.8. The van der Waals surface area contributed by atoms with Crippen LogP contribution in [-0.4, -0.2) is 9.91 Å². The number of benzene rings is 3. The van der Waals surface area contributed by atoms with Gasteiger partial charge in [0.2, 0.25) is 5.88 Å². The van der Waals surface area contributed by atoms with Crippen molar-refractivity contribution in [3.8, 4) is 11.6 Å². The molecule has 0 fully saturated rings. The van der Waals surface area contributed by atoms with Crippen LogP contribution in [0, 0.1) is 10.1 Å². The van der Waals surface area contributed by atoms with E-state index in [1.807, 2.05) is 30.3 Å². The van der Waals surface area contributed by atoms with Crippen LogP contribution >= 0.6 is 0 Å². The maximum absolute atomic E-state index is 11.5. The molecule has 1 aliphatic heterocycles. The molecule has 1 aliphatic carbocycles. The smallest absolute Gasteiger partial charge is 0.269 e. The second kappa shape index (κ2) is 7.05. The largest absolute Gasteiger partial charge is 0.438 e. The molecule has 4 aromatic rings. The van der Waals surface area contributed by atoms with E-state index in [4.69, 9.17) is 15.5 Å². The lowest BCUT2D eigenvalue weighted by molar-refractivity contribution is -0.384. The monoisotopic (exact) mass is 423 g/mol. The van der Waals surface area contributed by atoms with E-state index >= 15 is 0 Å². The standard InChI is InChI=1S/C26H21N3O3/c27-25-19-10-3-4-11-20(19)28-26-24(25)22(16-7-5-8-17(14-16)29(30)31)23-18-9-2-1-6-15(18)12-13-21(23)32-26/h1-2,5-9,12-14,22H,3-4,10-11H2,(H2,27,28). The molecular formula is C26H21N3O3. The Balaban J connectivity index is 1.69. The highest BCUT2D eigenvalue weighted by Crippen LogP contribution is 2.52. The van der Waals surface area contributed by atoms with Crippen molar-refractivity contribution in [2.45, 2.75) is 31.6 Å². The predicted octanol–water partition coefficient (Wildman–Crippen LogP) is 5.89. The van der Waals surface area contributed by atoms with Gasteiger partial charge in [-0.2, -0.15) is 0 Å². The summed E-state index contributed by atoms with van der Waals surface area (Å²) in [7, 11) is 0. The first-order valence-corrected chi connectivity index (χ1v) is 10.9. The fraction of sp³-hybridized carbons (Fsp3) is 0.192. The average molecular weight is 423 g/mol. The third-order valence-corrected chi connectivity index (χ3v) is 6.65. The van der Waals surface area contributed by atoms with E-state index in [-0.39, 0.29) is 16.5 Å². The van der Waals surface area contributed by atoms with Crippen LogP contribution in [0.4, 0.5) is 11.4 Å². The van der Waals surface area contributed by atoms with Gasteiger partial charge in [-0.15, -0.1) is 0 Å². The summed E-state index contributed by atoms with van der Waals surface area (Å²) in [5.74, 6) is 0.928. The number of aromatic nitrogens is 1. The molecule has 158 valence electrons.